The lowest BCUT2D eigenvalue weighted by Gasteiger charge is -2.17. The minimum absolute atomic E-state index is 0.00217. The predicted molar refractivity (Wildman–Crippen MR) is 100.0 cm³/mol. The van der Waals surface area contributed by atoms with E-state index in [1.807, 2.05) is 41.1 Å². The van der Waals surface area contributed by atoms with Gasteiger partial charge in [-0.1, -0.05) is 32.0 Å². The van der Waals surface area contributed by atoms with E-state index < -0.39 is 0 Å². The fourth-order valence-corrected chi connectivity index (χ4v) is 3.66. The highest BCUT2D eigenvalue weighted by Gasteiger charge is 2.13. The number of hydrogen-bond donors (Lipinski definition) is 1. The van der Waals surface area contributed by atoms with Crippen molar-refractivity contribution in [3.63, 3.8) is 0 Å². The number of pyridine rings is 1. The molecule has 0 radical (unpaired) electrons. The number of amides is 1. The lowest BCUT2D eigenvalue weighted by molar-refractivity contribution is -0.116. The van der Waals surface area contributed by atoms with Gasteiger partial charge in [0.1, 0.15) is 6.54 Å². The Morgan fingerprint density at radius 3 is 2.79 bits per heavy atom. The fourth-order valence-electron chi connectivity index (χ4n) is 2.84. The minimum atomic E-state index is -0.0950. The maximum Gasteiger partial charge on any atom is 0.244 e. The third kappa shape index (κ3) is 3.12. The summed E-state index contributed by atoms with van der Waals surface area (Å²) in [6.07, 6.45) is 1.68. The SMILES string of the molecule is Cc1cccc(C(C)C)c1NC(=O)Cn1ccc(=O)c2sccc21. The Morgan fingerprint density at radius 1 is 1.25 bits per heavy atom. The molecule has 1 aromatic carbocycles. The van der Waals surface area contributed by atoms with Crippen LogP contribution < -0.4 is 10.7 Å². The van der Waals surface area contributed by atoms with Gasteiger partial charge in [0.15, 0.2) is 5.43 Å². The number of carbonyl (C=O) groups excluding carboxylic acids is 1. The van der Waals surface area contributed by atoms with E-state index in [-0.39, 0.29) is 17.9 Å². The molecule has 5 heteroatoms. The van der Waals surface area contributed by atoms with E-state index in [0.717, 1.165) is 22.3 Å². The smallest absolute Gasteiger partial charge is 0.244 e. The molecule has 0 atom stereocenters. The zero-order valence-corrected chi connectivity index (χ0v) is 14.8. The number of benzene rings is 1. The van der Waals surface area contributed by atoms with Crippen LogP contribution in [0.15, 0.2) is 46.7 Å². The Labute approximate surface area is 144 Å². The van der Waals surface area contributed by atoms with Gasteiger partial charge >= 0.3 is 0 Å². The topological polar surface area (TPSA) is 51.1 Å². The van der Waals surface area contributed by atoms with Crippen LogP contribution in [0.1, 0.15) is 30.9 Å². The molecule has 124 valence electrons. The highest BCUT2D eigenvalue weighted by atomic mass is 32.1. The summed E-state index contributed by atoms with van der Waals surface area (Å²) in [5.41, 5.74) is 3.87. The summed E-state index contributed by atoms with van der Waals surface area (Å²) >= 11 is 1.40. The Hall–Kier alpha value is -2.40. The number of carbonyl (C=O) groups is 1. The maximum absolute atomic E-state index is 12.6. The molecule has 1 N–H and O–H groups in total. The summed E-state index contributed by atoms with van der Waals surface area (Å²) in [6, 6.07) is 9.44. The first kappa shape index (κ1) is 16.5. The number of anilines is 1. The van der Waals surface area contributed by atoms with Crippen molar-refractivity contribution in [1.82, 2.24) is 4.57 Å². The van der Waals surface area contributed by atoms with E-state index in [1.165, 1.54) is 17.4 Å². The second-order valence-electron chi connectivity index (χ2n) is 6.18. The molecular weight excluding hydrogens is 320 g/mol. The van der Waals surface area contributed by atoms with E-state index in [4.69, 9.17) is 0 Å². The first-order valence-corrected chi connectivity index (χ1v) is 8.81. The van der Waals surface area contributed by atoms with E-state index in [0.29, 0.717) is 10.6 Å². The number of thiophene rings is 1. The molecule has 2 heterocycles. The molecule has 0 unspecified atom stereocenters. The molecule has 0 aliphatic carbocycles. The van der Waals surface area contributed by atoms with Gasteiger partial charge in [-0.15, -0.1) is 11.3 Å². The van der Waals surface area contributed by atoms with E-state index in [1.54, 1.807) is 6.20 Å². The molecule has 0 fully saturated rings. The van der Waals surface area contributed by atoms with Crippen LogP contribution >= 0.6 is 11.3 Å². The Balaban J connectivity index is 1.88. The third-order valence-corrected chi connectivity index (χ3v) is 5.01. The van der Waals surface area contributed by atoms with Crippen LogP contribution in [-0.4, -0.2) is 10.5 Å². The number of nitrogens with zero attached hydrogens (tertiary/aromatic N) is 1. The van der Waals surface area contributed by atoms with Crippen molar-refractivity contribution in [2.24, 2.45) is 0 Å². The van der Waals surface area contributed by atoms with Gasteiger partial charge in [0, 0.05) is 18.0 Å². The summed E-state index contributed by atoms with van der Waals surface area (Å²) < 4.78 is 2.50. The van der Waals surface area contributed by atoms with E-state index in [9.17, 15) is 9.59 Å². The molecule has 0 aliphatic rings. The predicted octanol–water partition coefficient (Wildman–Crippen LogP) is 4.13. The molecule has 1 amide bonds. The summed E-state index contributed by atoms with van der Waals surface area (Å²) in [5.74, 6) is 0.235. The van der Waals surface area contributed by atoms with Gasteiger partial charge in [0.2, 0.25) is 5.91 Å². The van der Waals surface area contributed by atoms with Crippen molar-refractivity contribution in [2.75, 3.05) is 5.32 Å². The molecule has 24 heavy (non-hydrogen) atoms. The Morgan fingerprint density at radius 2 is 2.04 bits per heavy atom. The summed E-state index contributed by atoms with van der Waals surface area (Å²) in [6.45, 7) is 6.40. The monoisotopic (exact) mass is 340 g/mol. The van der Waals surface area contributed by atoms with Crippen LogP contribution in [0.4, 0.5) is 5.69 Å². The number of aryl methyl sites for hydroxylation is 1. The van der Waals surface area contributed by atoms with Crippen molar-refractivity contribution in [2.45, 2.75) is 33.2 Å². The molecule has 2 aromatic heterocycles. The van der Waals surface area contributed by atoms with Crippen molar-refractivity contribution in [1.29, 1.82) is 0 Å². The lowest BCUT2D eigenvalue weighted by atomic mass is 9.98. The maximum atomic E-state index is 12.6. The fraction of sp³-hybridized carbons (Fsp3) is 0.263. The Kier molecular flexibility index (Phi) is 4.53. The average Bonchev–Trinajstić information content (AvgIpc) is 3.02. The third-order valence-electron chi connectivity index (χ3n) is 4.09. The van der Waals surface area contributed by atoms with E-state index >= 15 is 0 Å². The number of hydrogen-bond acceptors (Lipinski definition) is 3. The largest absolute Gasteiger partial charge is 0.337 e. The average molecular weight is 340 g/mol. The number of rotatable bonds is 4. The zero-order chi connectivity index (χ0) is 17.3. The molecule has 0 saturated carbocycles. The molecule has 0 saturated heterocycles. The number of para-hydroxylation sites is 1. The number of aromatic nitrogens is 1. The quantitative estimate of drug-likeness (QED) is 0.776. The zero-order valence-electron chi connectivity index (χ0n) is 14.0. The van der Waals surface area contributed by atoms with Gasteiger partial charge in [-0.05, 0) is 35.4 Å². The normalized spacial score (nSPS) is 11.2. The molecule has 3 rings (SSSR count). The van der Waals surface area contributed by atoms with Gasteiger partial charge in [0.05, 0.1) is 10.2 Å². The summed E-state index contributed by atoms with van der Waals surface area (Å²) in [4.78, 5) is 24.4. The molecule has 4 nitrogen and oxygen atoms in total. The van der Waals surface area contributed by atoms with E-state index in [2.05, 4.69) is 19.2 Å². The number of fused-ring (bicyclic) bond motifs is 1. The molecule has 0 aliphatic heterocycles. The van der Waals surface area contributed by atoms with Crippen LogP contribution in [-0.2, 0) is 11.3 Å². The first-order valence-electron chi connectivity index (χ1n) is 7.93. The molecular formula is C19H20N2O2S. The summed E-state index contributed by atoms with van der Waals surface area (Å²) in [5, 5.41) is 4.92. The van der Waals surface area contributed by atoms with Crippen LogP contribution in [0, 0.1) is 6.92 Å². The minimum Gasteiger partial charge on any atom is -0.337 e. The summed E-state index contributed by atoms with van der Waals surface area (Å²) in [7, 11) is 0. The van der Waals surface area contributed by atoms with Crippen molar-refractivity contribution < 1.29 is 4.79 Å². The Bertz CT molecular complexity index is 953. The van der Waals surface area contributed by atoms with Crippen molar-refractivity contribution in [3.8, 4) is 0 Å². The molecule has 0 spiro atoms. The molecule has 0 bridgehead atoms. The second kappa shape index (κ2) is 6.61. The number of nitrogens with one attached hydrogen (secondary N) is 1. The van der Waals surface area contributed by atoms with Gasteiger partial charge < -0.3 is 9.88 Å². The van der Waals surface area contributed by atoms with Crippen LogP contribution in [0.3, 0.4) is 0 Å². The highest BCUT2D eigenvalue weighted by molar-refractivity contribution is 7.17. The first-order chi connectivity index (χ1) is 11.5. The van der Waals surface area contributed by atoms with Crippen LogP contribution in [0.2, 0.25) is 0 Å². The highest BCUT2D eigenvalue weighted by Crippen LogP contribution is 2.27. The van der Waals surface area contributed by atoms with Crippen molar-refractivity contribution >= 4 is 33.1 Å². The van der Waals surface area contributed by atoms with Crippen LogP contribution in [0.5, 0.6) is 0 Å². The van der Waals surface area contributed by atoms with Crippen molar-refractivity contribution in [3.05, 3.63) is 63.3 Å². The van der Waals surface area contributed by atoms with Gasteiger partial charge in [-0.3, -0.25) is 9.59 Å². The standard InChI is InChI=1S/C19H20N2O2S/c1-12(2)14-6-4-5-13(3)18(14)20-17(23)11-21-9-7-16(22)19-15(21)8-10-24-19/h4-10,12H,11H2,1-3H3,(H,20,23). The molecule has 3 aromatic rings. The lowest BCUT2D eigenvalue weighted by Crippen LogP contribution is -2.21. The second-order valence-corrected chi connectivity index (χ2v) is 7.10. The van der Waals surface area contributed by atoms with Crippen LogP contribution in [0.25, 0.3) is 10.2 Å². The van der Waals surface area contributed by atoms with Gasteiger partial charge in [0.25, 0.3) is 0 Å². The van der Waals surface area contributed by atoms with Gasteiger partial charge in [-0.2, -0.15) is 0 Å². The van der Waals surface area contributed by atoms with Gasteiger partial charge in [-0.25, -0.2) is 0 Å².